The molecule has 0 aromatic heterocycles. The Morgan fingerprint density at radius 3 is 1.59 bits per heavy atom. The first-order valence-corrected chi connectivity index (χ1v) is 5.12. The van der Waals surface area contributed by atoms with E-state index in [2.05, 4.69) is 48.6 Å². The second-order valence-electron chi connectivity index (χ2n) is 3.50. The molecule has 0 saturated carbocycles. The Bertz CT molecular complexity index is 315. The van der Waals surface area contributed by atoms with Gasteiger partial charge in [-0.1, -0.05) is 12.2 Å². The number of hydrogen-bond donors (Lipinski definition) is 0. The van der Waals surface area contributed by atoms with Crippen LogP contribution in [-0.2, 0) is 26.2 Å². The van der Waals surface area contributed by atoms with Crippen LogP contribution in [0.2, 0.25) is 0 Å². The monoisotopic (exact) mass is 342 g/mol. The maximum Gasteiger partial charge on any atom is 4.00 e. The topological polar surface area (TPSA) is 0 Å². The molecule has 2 aliphatic carbocycles. The van der Waals surface area contributed by atoms with Crippen LogP contribution < -0.4 is 24.8 Å². The molecule has 0 nitrogen and oxygen atoms in total. The Kier molecular flexibility index (Phi) is 12.9. The standard InChI is InChI=1S/C14H14.2ClH.Zr/c1-2-8-13(7-1)11-5-6-12-14-9-3-4-10-14;;;/h1,3,5-7,9H,2,4,11-12H2;2*1H;/q-2;;;+4/p-2/b6-5-;;;. The molecule has 0 unspecified atom stereocenters. The molecule has 88 valence electrons. The summed E-state index contributed by atoms with van der Waals surface area (Å²) in [5, 5.41) is 0. The molecule has 0 bridgehead atoms. The Hall–Kier alpha value is 0.163. The third-order valence-electron chi connectivity index (χ3n) is 2.37. The van der Waals surface area contributed by atoms with E-state index in [-0.39, 0.29) is 51.0 Å². The zero-order valence-corrected chi connectivity index (χ0v) is 13.5. The Morgan fingerprint density at radius 2 is 1.29 bits per heavy atom. The second kappa shape index (κ2) is 11.3. The maximum atomic E-state index is 3.30. The summed E-state index contributed by atoms with van der Waals surface area (Å²) in [6, 6.07) is 0. The molecule has 0 fully saturated rings. The molecule has 0 amide bonds. The average molecular weight is 344 g/mol. The Morgan fingerprint density at radius 1 is 0.882 bits per heavy atom. The van der Waals surface area contributed by atoms with E-state index < -0.39 is 0 Å². The molecule has 2 aliphatic rings. The summed E-state index contributed by atoms with van der Waals surface area (Å²) in [5.74, 6) is 0. The minimum Gasteiger partial charge on any atom is -1.00 e. The van der Waals surface area contributed by atoms with Gasteiger partial charge in [0.05, 0.1) is 0 Å². The van der Waals surface area contributed by atoms with Gasteiger partial charge in [-0.25, -0.2) is 23.3 Å². The predicted molar refractivity (Wildman–Crippen MR) is 59.4 cm³/mol. The molecule has 0 aliphatic heterocycles. The Balaban J connectivity index is 0. The normalized spacial score (nSPS) is 16.0. The molecular formula is C14H14Cl2Zr. The summed E-state index contributed by atoms with van der Waals surface area (Å²) in [7, 11) is 0. The summed E-state index contributed by atoms with van der Waals surface area (Å²) in [4.78, 5) is 0. The van der Waals surface area contributed by atoms with Crippen molar-refractivity contribution in [3.05, 3.63) is 59.8 Å². The molecule has 2 rings (SSSR count). The van der Waals surface area contributed by atoms with Gasteiger partial charge in [0.1, 0.15) is 0 Å². The van der Waals surface area contributed by atoms with Crippen LogP contribution in [-0.4, -0.2) is 0 Å². The quantitative estimate of drug-likeness (QED) is 0.398. The van der Waals surface area contributed by atoms with Gasteiger partial charge in [-0.2, -0.15) is 12.2 Å². The molecule has 0 heterocycles. The van der Waals surface area contributed by atoms with Gasteiger partial charge >= 0.3 is 26.2 Å². The number of allylic oxidation sites excluding steroid dienone is 10. The third-order valence-corrected chi connectivity index (χ3v) is 2.37. The molecule has 3 heteroatoms. The van der Waals surface area contributed by atoms with Crippen molar-refractivity contribution in [2.75, 3.05) is 0 Å². The van der Waals surface area contributed by atoms with E-state index in [0.717, 1.165) is 25.7 Å². The second-order valence-corrected chi connectivity index (χ2v) is 3.50. The zero-order chi connectivity index (χ0) is 9.64. The molecule has 17 heavy (non-hydrogen) atoms. The van der Waals surface area contributed by atoms with E-state index >= 15 is 0 Å². The van der Waals surface area contributed by atoms with Crippen LogP contribution in [0.4, 0.5) is 0 Å². The fourth-order valence-corrected chi connectivity index (χ4v) is 1.60. The minimum absolute atomic E-state index is 0. The van der Waals surface area contributed by atoms with Gasteiger partial charge in [-0.15, -0.1) is 12.8 Å². The SMILES string of the molecule is [C-]1=C(C/C=C\CC2=[C-]CC=C2)C=CC1.[Cl-].[Cl-].[Zr+4]. The van der Waals surface area contributed by atoms with Crippen molar-refractivity contribution in [2.24, 2.45) is 0 Å². The number of halogens is 2. The van der Waals surface area contributed by atoms with Crippen molar-refractivity contribution >= 4 is 0 Å². The zero-order valence-electron chi connectivity index (χ0n) is 9.55. The van der Waals surface area contributed by atoms with Gasteiger partial charge in [0, 0.05) is 0 Å². The smallest absolute Gasteiger partial charge is 1.00 e. The van der Waals surface area contributed by atoms with Gasteiger partial charge in [-0.3, -0.25) is 12.2 Å². The van der Waals surface area contributed by atoms with Crippen LogP contribution in [0, 0.1) is 12.2 Å². The molecule has 0 N–H and O–H groups in total. The third kappa shape index (κ3) is 7.24. The van der Waals surface area contributed by atoms with Crippen LogP contribution in [0.1, 0.15) is 25.7 Å². The van der Waals surface area contributed by atoms with E-state index in [4.69, 9.17) is 0 Å². The molecule has 0 spiro atoms. The van der Waals surface area contributed by atoms with E-state index in [1.807, 2.05) is 0 Å². The summed E-state index contributed by atoms with van der Waals surface area (Å²) in [5.41, 5.74) is 2.64. The summed E-state index contributed by atoms with van der Waals surface area (Å²) in [6.45, 7) is 0. The maximum absolute atomic E-state index is 3.30. The van der Waals surface area contributed by atoms with Crippen molar-refractivity contribution in [1.82, 2.24) is 0 Å². The molecular weight excluding hydrogens is 330 g/mol. The van der Waals surface area contributed by atoms with Crippen molar-refractivity contribution < 1.29 is 51.0 Å². The molecule has 0 aromatic rings. The number of hydrogen-bond acceptors (Lipinski definition) is 0. The predicted octanol–water partition coefficient (Wildman–Crippen LogP) is -2.29. The summed E-state index contributed by atoms with van der Waals surface area (Å²) >= 11 is 0. The van der Waals surface area contributed by atoms with Gasteiger partial charge in [0.15, 0.2) is 0 Å². The van der Waals surface area contributed by atoms with Gasteiger partial charge in [-0.05, 0) is 12.8 Å². The molecule has 0 atom stereocenters. The van der Waals surface area contributed by atoms with Crippen LogP contribution >= 0.6 is 0 Å². The van der Waals surface area contributed by atoms with Crippen LogP contribution in [0.15, 0.2) is 47.6 Å². The van der Waals surface area contributed by atoms with Crippen LogP contribution in [0.3, 0.4) is 0 Å². The minimum atomic E-state index is 0. The molecule has 0 saturated heterocycles. The summed E-state index contributed by atoms with van der Waals surface area (Å²) in [6.07, 6.45) is 23.7. The van der Waals surface area contributed by atoms with E-state index in [9.17, 15) is 0 Å². The summed E-state index contributed by atoms with van der Waals surface area (Å²) < 4.78 is 0. The first-order chi connectivity index (χ1) is 6.95. The largest absolute Gasteiger partial charge is 4.00 e. The van der Waals surface area contributed by atoms with Crippen LogP contribution in [0.5, 0.6) is 0 Å². The van der Waals surface area contributed by atoms with Crippen molar-refractivity contribution in [1.29, 1.82) is 0 Å². The van der Waals surface area contributed by atoms with E-state index in [0.29, 0.717) is 0 Å². The fraction of sp³-hybridized carbons (Fsp3) is 0.286. The Labute approximate surface area is 136 Å². The molecule has 0 aromatic carbocycles. The first kappa shape index (κ1) is 19.5. The van der Waals surface area contributed by atoms with Crippen molar-refractivity contribution in [3.8, 4) is 0 Å². The first-order valence-electron chi connectivity index (χ1n) is 5.12. The van der Waals surface area contributed by atoms with Crippen LogP contribution in [0.25, 0.3) is 0 Å². The van der Waals surface area contributed by atoms with Gasteiger partial charge in [0.25, 0.3) is 0 Å². The fourth-order valence-electron chi connectivity index (χ4n) is 1.60. The van der Waals surface area contributed by atoms with Crippen molar-refractivity contribution in [3.63, 3.8) is 0 Å². The average Bonchev–Trinajstić information content (AvgIpc) is 2.86. The number of rotatable bonds is 4. The van der Waals surface area contributed by atoms with Gasteiger partial charge < -0.3 is 24.8 Å². The van der Waals surface area contributed by atoms with Gasteiger partial charge in [0.2, 0.25) is 0 Å². The van der Waals surface area contributed by atoms with E-state index in [1.165, 1.54) is 11.1 Å². The van der Waals surface area contributed by atoms with Crippen molar-refractivity contribution in [2.45, 2.75) is 25.7 Å². The van der Waals surface area contributed by atoms with E-state index in [1.54, 1.807) is 0 Å². The molecule has 0 radical (unpaired) electrons.